The highest BCUT2D eigenvalue weighted by Gasteiger charge is 2.13. The molecule has 0 N–H and O–H groups in total. The van der Waals surface area contributed by atoms with Gasteiger partial charge in [0.05, 0.1) is 0 Å². The summed E-state index contributed by atoms with van der Waals surface area (Å²) in [4.78, 5) is 14.2. The Balaban J connectivity index is 1.72. The molecular formula is C18H17N3O2. The van der Waals surface area contributed by atoms with Crippen molar-refractivity contribution in [1.29, 1.82) is 0 Å². The summed E-state index contributed by atoms with van der Waals surface area (Å²) in [5.74, 6) is 0.948. The van der Waals surface area contributed by atoms with E-state index < -0.39 is 0 Å². The third kappa shape index (κ3) is 3.45. The standard InChI is InChI=1S/C18H17N3O2/c1-13-19-20-17(23-13)15-8-10-16(11-9-15)18(22)21(2)12-14-6-4-3-5-7-14/h3-11H,12H2,1-2H3. The smallest absolute Gasteiger partial charge is 0.253 e. The molecule has 1 heterocycles. The minimum absolute atomic E-state index is 0.0258. The number of rotatable bonds is 4. The Bertz CT molecular complexity index is 795. The van der Waals surface area contributed by atoms with Crippen LogP contribution in [0, 0.1) is 6.92 Å². The molecule has 0 saturated heterocycles. The van der Waals surface area contributed by atoms with Gasteiger partial charge in [-0.15, -0.1) is 10.2 Å². The first-order valence-electron chi connectivity index (χ1n) is 7.33. The van der Waals surface area contributed by atoms with Gasteiger partial charge >= 0.3 is 0 Å². The lowest BCUT2D eigenvalue weighted by molar-refractivity contribution is 0.0785. The predicted molar refractivity (Wildman–Crippen MR) is 86.7 cm³/mol. The normalized spacial score (nSPS) is 10.5. The van der Waals surface area contributed by atoms with E-state index in [9.17, 15) is 4.79 Å². The Labute approximate surface area is 134 Å². The molecule has 1 amide bonds. The Kier molecular flexibility index (Phi) is 4.19. The van der Waals surface area contributed by atoms with E-state index in [1.807, 2.05) is 42.5 Å². The molecule has 2 aromatic carbocycles. The first kappa shape index (κ1) is 15.0. The van der Waals surface area contributed by atoms with Gasteiger partial charge in [0.2, 0.25) is 11.8 Å². The molecule has 0 unspecified atom stereocenters. The van der Waals surface area contributed by atoms with Gasteiger partial charge in [-0.3, -0.25) is 4.79 Å². The fourth-order valence-electron chi connectivity index (χ4n) is 2.32. The summed E-state index contributed by atoms with van der Waals surface area (Å²) in [6.45, 7) is 2.32. The van der Waals surface area contributed by atoms with Crippen molar-refractivity contribution >= 4 is 5.91 Å². The quantitative estimate of drug-likeness (QED) is 0.742. The van der Waals surface area contributed by atoms with E-state index in [2.05, 4.69) is 10.2 Å². The first-order valence-corrected chi connectivity index (χ1v) is 7.33. The van der Waals surface area contributed by atoms with E-state index in [0.29, 0.717) is 23.9 Å². The monoisotopic (exact) mass is 307 g/mol. The van der Waals surface area contributed by atoms with Crippen LogP contribution < -0.4 is 0 Å². The number of carbonyl (C=O) groups is 1. The molecule has 3 aromatic rings. The highest BCUT2D eigenvalue weighted by atomic mass is 16.4. The summed E-state index contributed by atoms with van der Waals surface area (Å²) >= 11 is 0. The molecule has 0 aliphatic rings. The number of carbonyl (C=O) groups excluding carboxylic acids is 1. The van der Waals surface area contributed by atoms with Crippen LogP contribution >= 0.6 is 0 Å². The number of aromatic nitrogens is 2. The Hall–Kier alpha value is -2.95. The van der Waals surface area contributed by atoms with Crippen LogP contribution in [0.4, 0.5) is 0 Å². The minimum Gasteiger partial charge on any atom is -0.421 e. The zero-order valence-corrected chi connectivity index (χ0v) is 13.1. The van der Waals surface area contributed by atoms with Crippen LogP contribution in [0.1, 0.15) is 21.8 Å². The van der Waals surface area contributed by atoms with Crippen molar-refractivity contribution in [3.63, 3.8) is 0 Å². The maximum Gasteiger partial charge on any atom is 0.253 e. The molecule has 1 aromatic heterocycles. The summed E-state index contributed by atoms with van der Waals surface area (Å²) < 4.78 is 5.38. The molecule has 23 heavy (non-hydrogen) atoms. The van der Waals surface area contributed by atoms with Crippen LogP contribution in [0.2, 0.25) is 0 Å². The molecule has 0 atom stereocenters. The van der Waals surface area contributed by atoms with Gasteiger partial charge < -0.3 is 9.32 Å². The predicted octanol–water partition coefficient (Wildman–Crippen LogP) is 3.32. The van der Waals surface area contributed by atoms with Gasteiger partial charge in [0.25, 0.3) is 5.91 Å². The molecule has 116 valence electrons. The van der Waals surface area contributed by atoms with Gasteiger partial charge in [-0.2, -0.15) is 0 Å². The number of nitrogens with zero attached hydrogens (tertiary/aromatic N) is 3. The summed E-state index contributed by atoms with van der Waals surface area (Å²) in [6, 6.07) is 17.1. The number of aryl methyl sites for hydroxylation is 1. The van der Waals surface area contributed by atoms with Gasteiger partial charge in [-0.1, -0.05) is 30.3 Å². The number of hydrogen-bond acceptors (Lipinski definition) is 4. The third-order valence-electron chi connectivity index (χ3n) is 3.51. The molecule has 0 spiro atoms. The minimum atomic E-state index is -0.0258. The highest BCUT2D eigenvalue weighted by Crippen LogP contribution is 2.19. The van der Waals surface area contributed by atoms with E-state index in [0.717, 1.165) is 11.1 Å². The SMILES string of the molecule is Cc1nnc(-c2ccc(C(=O)N(C)Cc3ccccc3)cc2)o1. The van der Waals surface area contributed by atoms with Crippen molar-refractivity contribution in [3.8, 4) is 11.5 Å². The summed E-state index contributed by atoms with van der Waals surface area (Å²) in [7, 11) is 1.80. The van der Waals surface area contributed by atoms with Crippen LogP contribution in [0.25, 0.3) is 11.5 Å². The summed E-state index contributed by atoms with van der Waals surface area (Å²) in [5, 5.41) is 7.77. The highest BCUT2D eigenvalue weighted by molar-refractivity contribution is 5.94. The van der Waals surface area contributed by atoms with E-state index in [1.54, 1.807) is 31.0 Å². The fraction of sp³-hybridized carbons (Fsp3) is 0.167. The van der Waals surface area contributed by atoms with Gasteiger partial charge in [0.15, 0.2) is 0 Å². The van der Waals surface area contributed by atoms with Crippen molar-refractivity contribution < 1.29 is 9.21 Å². The third-order valence-corrected chi connectivity index (χ3v) is 3.51. The second-order valence-corrected chi connectivity index (χ2v) is 5.35. The molecule has 0 aliphatic carbocycles. The first-order chi connectivity index (χ1) is 11.1. The Morgan fingerprint density at radius 3 is 2.35 bits per heavy atom. The van der Waals surface area contributed by atoms with Crippen LogP contribution in [0.5, 0.6) is 0 Å². The largest absolute Gasteiger partial charge is 0.421 e. The molecule has 5 heteroatoms. The molecule has 0 saturated carbocycles. The summed E-state index contributed by atoms with van der Waals surface area (Å²) in [6.07, 6.45) is 0. The zero-order valence-electron chi connectivity index (χ0n) is 13.1. The van der Waals surface area contributed by atoms with Crippen molar-refractivity contribution in [2.24, 2.45) is 0 Å². The maximum absolute atomic E-state index is 12.5. The van der Waals surface area contributed by atoms with Crippen LogP contribution in [0.15, 0.2) is 59.0 Å². The van der Waals surface area contributed by atoms with Crippen LogP contribution in [-0.4, -0.2) is 28.1 Å². The molecule has 0 bridgehead atoms. The molecule has 5 nitrogen and oxygen atoms in total. The molecular weight excluding hydrogens is 290 g/mol. The summed E-state index contributed by atoms with van der Waals surface area (Å²) in [5.41, 5.74) is 2.53. The van der Waals surface area contributed by atoms with E-state index >= 15 is 0 Å². The van der Waals surface area contributed by atoms with Crippen LogP contribution in [0.3, 0.4) is 0 Å². The molecule has 0 radical (unpaired) electrons. The fourth-order valence-corrected chi connectivity index (χ4v) is 2.32. The number of benzene rings is 2. The number of amides is 1. The molecule has 0 fully saturated rings. The molecule has 3 rings (SSSR count). The van der Waals surface area contributed by atoms with Crippen molar-refractivity contribution in [1.82, 2.24) is 15.1 Å². The van der Waals surface area contributed by atoms with Crippen molar-refractivity contribution in [2.45, 2.75) is 13.5 Å². The van der Waals surface area contributed by atoms with E-state index in [1.165, 1.54) is 0 Å². The Morgan fingerprint density at radius 1 is 1.04 bits per heavy atom. The lowest BCUT2D eigenvalue weighted by Gasteiger charge is -2.17. The Morgan fingerprint density at radius 2 is 1.74 bits per heavy atom. The van der Waals surface area contributed by atoms with E-state index in [4.69, 9.17) is 4.42 Å². The van der Waals surface area contributed by atoms with E-state index in [-0.39, 0.29) is 5.91 Å². The topological polar surface area (TPSA) is 59.2 Å². The second-order valence-electron chi connectivity index (χ2n) is 5.35. The lowest BCUT2D eigenvalue weighted by Crippen LogP contribution is -2.26. The molecule has 0 aliphatic heterocycles. The van der Waals surface area contributed by atoms with Gasteiger partial charge in [0, 0.05) is 31.6 Å². The second kappa shape index (κ2) is 6.44. The zero-order chi connectivity index (χ0) is 16.2. The van der Waals surface area contributed by atoms with Crippen molar-refractivity contribution in [2.75, 3.05) is 7.05 Å². The van der Waals surface area contributed by atoms with Gasteiger partial charge in [-0.05, 0) is 29.8 Å². The van der Waals surface area contributed by atoms with Gasteiger partial charge in [0.1, 0.15) is 0 Å². The number of hydrogen-bond donors (Lipinski definition) is 0. The average Bonchev–Trinajstić information content (AvgIpc) is 3.02. The maximum atomic E-state index is 12.5. The van der Waals surface area contributed by atoms with Crippen LogP contribution in [-0.2, 0) is 6.54 Å². The average molecular weight is 307 g/mol. The lowest BCUT2D eigenvalue weighted by atomic mass is 10.1. The van der Waals surface area contributed by atoms with Crippen molar-refractivity contribution in [3.05, 3.63) is 71.6 Å². The van der Waals surface area contributed by atoms with Gasteiger partial charge in [-0.25, -0.2) is 0 Å².